The molecule has 0 amide bonds. The van der Waals surface area contributed by atoms with Crippen molar-refractivity contribution in [1.29, 1.82) is 0 Å². The smallest absolute Gasteiger partial charge is 0.229 e. The Hall–Kier alpha value is -3.99. The molecule has 4 N–H and O–H groups in total. The van der Waals surface area contributed by atoms with E-state index in [1.165, 1.54) is 0 Å². The van der Waals surface area contributed by atoms with Crippen molar-refractivity contribution < 1.29 is 4.39 Å². The summed E-state index contributed by atoms with van der Waals surface area (Å²) >= 11 is 0. The molecule has 0 unspecified atom stereocenters. The topological polar surface area (TPSA) is 110 Å². The molecule has 5 rings (SSSR count). The zero-order valence-electron chi connectivity index (χ0n) is 18.4. The molecule has 1 fully saturated rings. The van der Waals surface area contributed by atoms with Crippen molar-refractivity contribution in [2.24, 2.45) is 0 Å². The van der Waals surface area contributed by atoms with E-state index in [1.807, 2.05) is 49.3 Å². The number of H-pyrrole nitrogens is 1. The van der Waals surface area contributed by atoms with E-state index in [9.17, 15) is 4.39 Å². The second-order valence-electron chi connectivity index (χ2n) is 7.97. The second-order valence-corrected chi connectivity index (χ2v) is 7.97. The number of nitrogens with zero attached hydrogens (tertiary/aromatic N) is 6. The first-order chi connectivity index (χ1) is 16.0. The fourth-order valence-corrected chi connectivity index (χ4v) is 3.61. The van der Waals surface area contributed by atoms with Gasteiger partial charge in [-0.25, -0.2) is 19.3 Å². The summed E-state index contributed by atoms with van der Waals surface area (Å²) in [6.07, 6.45) is 2.87. The lowest BCUT2D eigenvalue weighted by molar-refractivity contribution is 0.585. The lowest BCUT2D eigenvalue weighted by Crippen LogP contribution is -2.43. The molecular formula is C22H25FN10. The molecule has 0 bridgehead atoms. The standard InChI is InChI=1S/C22H25FN10/c1-32(2)22-29-17-5-3-14(11-18(17)30-22)27-20-16(23)13-26-21(31-20)28-15-4-6-19(25-12-15)33-9-7-24-8-10-33/h3-6,11-13,24H,7-10H2,1-2H3,(H,29,30)(H2,26,27,28,31). The fraction of sp³-hybridized carbons (Fsp3) is 0.273. The zero-order chi connectivity index (χ0) is 22.8. The number of hydrogen-bond donors (Lipinski definition) is 4. The minimum absolute atomic E-state index is 0.0737. The molecule has 1 aliphatic heterocycles. The van der Waals surface area contributed by atoms with Crippen molar-refractivity contribution in [2.75, 3.05) is 60.7 Å². The number of imidazole rings is 1. The van der Waals surface area contributed by atoms with Crippen molar-refractivity contribution >= 4 is 45.9 Å². The van der Waals surface area contributed by atoms with Gasteiger partial charge in [0.25, 0.3) is 0 Å². The van der Waals surface area contributed by atoms with E-state index in [1.54, 1.807) is 6.20 Å². The number of anilines is 6. The fourth-order valence-electron chi connectivity index (χ4n) is 3.61. The minimum Gasteiger partial charge on any atom is -0.354 e. The maximum absolute atomic E-state index is 14.4. The Balaban J connectivity index is 1.31. The Morgan fingerprint density at radius 2 is 1.79 bits per heavy atom. The zero-order valence-corrected chi connectivity index (χ0v) is 18.4. The number of aromatic nitrogens is 5. The van der Waals surface area contributed by atoms with E-state index in [-0.39, 0.29) is 11.8 Å². The molecule has 0 atom stereocenters. The second kappa shape index (κ2) is 8.87. The molecule has 10 nitrogen and oxygen atoms in total. The third-order valence-electron chi connectivity index (χ3n) is 5.34. The lowest BCUT2D eigenvalue weighted by Gasteiger charge is -2.28. The summed E-state index contributed by atoms with van der Waals surface area (Å²) in [4.78, 5) is 24.7. The van der Waals surface area contributed by atoms with E-state index in [4.69, 9.17) is 0 Å². The van der Waals surface area contributed by atoms with Crippen LogP contribution in [0.15, 0.2) is 42.7 Å². The first-order valence-electron chi connectivity index (χ1n) is 10.7. The molecule has 0 saturated carbocycles. The van der Waals surface area contributed by atoms with Gasteiger partial charge in [0.05, 0.1) is 29.1 Å². The summed E-state index contributed by atoms with van der Waals surface area (Å²) in [6.45, 7) is 3.75. The molecule has 170 valence electrons. The van der Waals surface area contributed by atoms with Gasteiger partial charge in [0.2, 0.25) is 11.9 Å². The van der Waals surface area contributed by atoms with Crippen LogP contribution in [-0.2, 0) is 0 Å². The molecule has 33 heavy (non-hydrogen) atoms. The number of pyridine rings is 1. The van der Waals surface area contributed by atoms with Crippen LogP contribution < -0.4 is 25.8 Å². The Morgan fingerprint density at radius 3 is 2.55 bits per heavy atom. The minimum atomic E-state index is -0.550. The highest BCUT2D eigenvalue weighted by Crippen LogP contribution is 2.24. The molecule has 0 aliphatic carbocycles. The first kappa shape index (κ1) is 20.9. The Kier molecular flexibility index (Phi) is 5.61. The molecule has 11 heteroatoms. The summed E-state index contributed by atoms with van der Waals surface area (Å²) in [7, 11) is 3.83. The maximum atomic E-state index is 14.4. The van der Waals surface area contributed by atoms with Gasteiger partial charge in [0.1, 0.15) is 5.82 Å². The molecule has 1 saturated heterocycles. The quantitative estimate of drug-likeness (QED) is 0.354. The molecule has 0 radical (unpaired) electrons. The predicted octanol–water partition coefficient (Wildman–Crippen LogP) is 2.85. The average Bonchev–Trinajstić information content (AvgIpc) is 3.26. The van der Waals surface area contributed by atoms with Crippen LogP contribution in [0.25, 0.3) is 11.0 Å². The number of benzene rings is 1. The summed E-state index contributed by atoms with van der Waals surface area (Å²) < 4.78 is 14.4. The van der Waals surface area contributed by atoms with Crippen LogP contribution >= 0.6 is 0 Å². The van der Waals surface area contributed by atoms with Gasteiger partial charge >= 0.3 is 0 Å². The maximum Gasteiger partial charge on any atom is 0.229 e. The van der Waals surface area contributed by atoms with Gasteiger partial charge in [-0.15, -0.1) is 0 Å². The van der Waals surface area contributed by atoms with Gasteiger partial charge in [-0.1, -0.05) is 0 Å². The number of fused-ring (bicyclic) bond motifs is 1. The van der Waals surface area contributed by atoms with Crippen molar-refractivity contribution in [1.82, 2.24) is 30.2 Å². The molecular weight excluding hydrogens is 423 g/mol. The predicted molar refractivity (Wildman–Crippen MR) is 128 cm³/mol. The van der Waals surface area contributed by atoms with Crippen LogP contribution in [0.5, 0.6) is 0 Å². The highest BCUT2D eigenvalue weighted by Gasteiger charge is 2.13. The van der Waals surface area contributed by atoms with E-state index in [0.717, 1.165) is 60.9 Å². The lowest BCUT2D eigenvalue weighted by atomic mass is 10.3. The number of halogens is 1. The third kappa shape index (κ3) is 4.62. The molecule has 4 aromatic rings. The monoisotopic (exact) mass is 448 g/mol. The van der Waals surface area contributed by atoms with Crippen LogP contribution in [0, 0.1) is 5.82 Å². The van der Waals surface area contributed by atoms with E-state index in [2.05, 4.69) is 45.8 Å². The molecule has 3 aromatic heterocycles. The Bertz CT molecular complexity index is 1250. The summed E-state index contributed by atoms with van der Waals surface area (Å²) in [5.74, 6) is 1.47. The number of piperazine rings is 1. The van der Waals surface area contributed by atoms with Gasteiger partial charge < -0.3 is 30.7 Å². The third-order valence-corrected chi connectivity index (χ3v) is 5.34. The van der Waals surface area contributed by atoms with Crippen LogP contribution in [0.3, 0.4) is 0 Å². The average molecular weight is 449 g/mol. The normalized spacial score (nSPS) is 13.8. The number of hydrogen-bond acceptors (Lipinski definition) is 9. The van der Waals surface area contributed by atoms with Gasteiger partial charge in [0, 0.05) is 46.0 Å². The van der Waals surface area contributed by atoms with E-state index < -0.39 is 5.82 Å². The van der Waals surface area contributed by atoms with Crippen LogP contribution in [0.1, 0.15) is 0 Å². The van der Waals surface area contributed by atoms with Crippen LogP contribution in [0.4, 0.5) is 39.3 Å². The first-order valence-corrected chi connectivity index (χ1v) is 10.7. The van der Waals surface area contributed by atoms with Gasteiger partial charge in [-0.2, -0.15) is 4.98 Å². The van der Waals surface area contributed by atoms with Gasteiger partial charge in [-0.3, -0.25) is 0 Å². The van der Waals surface area contributed by atoms with E-state index in [0.29, 0.717) is 5.69 Å². The molecule has 1 aromatic carbocycles. The van der Waals surface area contributed by atoms with Gasteiger partial charge in [-0.05, 0) is 30.3 Å². The highest BCUT2D eigenvalue weighted by molar-refractivity contribution is 5.82. The number of nitrogens with one attached hydrogen (secondary N) is 4. The van der Waals surface area contributed by atoms with Crippen LogP contribution in [0.2, 0.25) is 0 Å². The molecule has 4 heterocycles. The SMILES string of the molecule is CN(C)c1nc2ccc(Nc3nc(Nc4ccc(N5CCNCC5)nc4)ncc3F)cc2[nH]1. The molecule has 1 aliphatic rings. The van der Waals surface area contributed by atoms with Crippen molar-refractivity contribution in [3.05, 3.63) is 48.5 Å². The Labute approximate surface area is 190 Å². The summed E-state index contributed by atoms with van der Waals surface area (Å²) in [6, 6.07) is 9.43. The number of rotatable bonds is 6. The van der Waals surface area contributed by atoms with Crippen LogP contribution in [-0.4, -0.2) is 65.2 Å². The van der Waals surface area contributed by atoms with Gasteiger partial charge in [0.15, 0.2) is 11.6 Å². The highest BCUT2D eigenvalue weighted by atomic mass is 19.1. The van der Waals surface area contributed by atoms with Crippen molar-refractivity contribution in [3.63, 3.8) is 0 Å². The molecule has 0 spiro atoms. The summed E-state index contributed by atoms with van der Waals surface area (Å²) in [5.41, 5.74) is 3.07. The summed E-state index contributed by atoms with van der Waals surface area (Å²) in [5, 5.41) is 9.44. The van der Waals surface area contributed by atoms with Crippen molar-refractivity contribution in [2.45, 2.75) is 0 Å². The largest absolute Gasteiger partial charge is 0.354 e. The van der Waals surface area contributed by atoms with E-state index >= 15 is 0 Å². The number of aromatic amines is 1. The van der Waals surface area contributed by atoms with Crippen molar-refractivity contribution in [3.8, 4) is 0 Å². The Morgan fingerprint density at radius 1 is 0.970 bits per heavy atom.